The summed E-state index contributed by atoms with van der Waals surface area (Å²) in [5, 5.41) is 11.5. The Kier molecular flexibility index (Phi) is 3.90. The third-order valence-electron chi connectivity index (χ3n) is 4.63. The molecule has 1 N–H and O–H groups in total. The number of rotatable bonds is 2. The lowest BCUT2D eigenvalue weighted by Gasteiger charge is -2.50. The summed E-state index contributed by atoms with van der Waals surface area (Å²) in [6, 6.07) is 4.18. The van der Waals surface area contributed by atoms with Gasteiger partial charge in [-0.05, 0) is 61.1 Å². The molecule has 0 aromatic heterocycles. The Hall–Kier alpha value is -1.02. The molecule has 1 saturated carbocycles. The first-order valence-corrected chi connectivity index (χ1v) is 7.86. The molecule has 0 atom stereocenters. The summed E-state index contributed by atoms with van der Waals surface area (Å²) in [6.07, 6.45) is 2.70. The van der Waals surface area contributed by atoms with Crippen molar-refractivity contribution in [1.82, 2.24) is 0 Å². The number of methoxy groups -OCH3 is 1. The van der Waals surface area contributed by atoms with Crippen molar-refractivity contribution in [2.45, 2.75) is 66.4 Å². The van der Waals surface area contributed by atoms with Crippen molar-refractivity contribution in [3.63, 3.8) is 0 Å². The van der Waals surface area contributed by atoms with Crippen molar-refractivity contribution in [2.24, 2.45) is 10.8 Å². The van der Waals surface area contributed by atoms with Gasteiger partial charge in [-0.2, -0.15) is 0 Å². The highest BCUT2D eigenvalue weighted by molar-refractivity contribution is 5.47. The molecule has 118 valence electrons. The summed E-state index contributed by atoms with van der Waals surface area (Å²) >= 11 is 0. The standard InChI is InChI=1S/C19H30O2/c1-13-8-14(2)16(15(9-13)21-7)19(20)11-17(3,4)10-18(5,6)12-19/h8-9,20H,10-12H2,1-7H3. The van der Waals surface area contributed by atoms with Gasteiger partial charge in [0.15, 0.2) is 0 Å². The number of aryl methyl sites for hydroxylation is 2. The molecule has 0 spiro atoms. The van der Waals surface area contributed by atoms with E-state index < -0.39 is 5.60 Å². The van der Waals surface area contributed by atoms with E-state index in [1.54, 1.807) is 7.11 Å². The fourth-order valence-electron chi connectivity index (χ4n) is 4.93. The molecule has 2 rings (SSSR count). The number of hydrogen-bond donors (Lipinski definition) is 1. The Morgan fingerprint density at radius 1 is 0.952 bits per heavy atom. The van der Waals surface area contributed by atoms with Crippen LogP contribution in [-0.2, 0) is 5.60 Å². The molecular formula is C19H30O2. The predicted molar refractivity (Wildman–Crippen MR) is 87.8 cm³/mol. The maximum atomic E-state index is 11.5. The van der Waals surface area contributed by atoms with Crippen LogP contribution in [0.3, 0.4) is 0 Å². The van der Waals surface area contributed by atoms with Crippen LogP contribution in [0.5, 0.6) is 5.75 Å². The highest BCUT2D eigenvalue weighted by atomic mass is 16.5. The van der Waals surface area contributed by atoms with Crippen LogP contribution >= 0.6 is 0 Å². The van der Waals surface area contributed by atoms with E-state index in [0.717, 1.165) is 36.1 Å². The molecule has 1 aliphatic rings. The fourth-order valence-corrected chi connectivity index (χ4v) is 4.93. The van der Waals surface area contributed by atoms with Gasteiger partial charge in [0.2, 0.25) is 0 Å². The topological polar surface area (TPSA) is 29.5 Å². The van der Waals surface area contributed by atoms with Gasteiger partial charge in [-0.1, -0.05) is 33.8 Å². The SMILES string of the molecule is COc1cc(C)cc(C)c1C1(O)CC(C)(C)CC(C)(C)C1. The van der Waals surface area contributed by atoms with Gasteiger partial charge in [0.1, 0.15) is 5.75 Å². The predicted octanol–water partition coefficient (Wildman–Crippen LogP) is 4.74. The molecule has 0 aliphatic heterocycles. The molecule has 21 heavy (non-hydrogen) atoms. The molecule has 2 heteroatoms. The second-order valence-electron chi connectivity index (χ2n) is 8.55. The van der Waals surface area contributed by atoms with Crippen molar-refractivity contribution in [2.75, 3.05) is 7.11 Å². The zero-order chi connectivity index (χ0) is 16.1. The zero-order valence-electron chi connectivity index (χ0n) is 14.6. The third-order valence-corrected chi connectivity index (χ3v) is 4.63. The van der Waals surface area contributed by atoms with Gasteiger partial charge >= 0.3 is 0 Å². The Bertz CT molecular complexity index is 525. The van der Waals surface area contributed by atoms with E-state index in [0.29, 0.717) is 0 Å². The van der Waals surface area contributed by atoms with Gasteiger partial charge in [0.25, 0.3) is 0 Å². The molecule has 0 amide bonds. The van der Waals surface area contributed by atoms with Crippen molar-refractivity contribution < 1.29 is 9.84 Å². The maximum absolute atomic E-state index is 11.5. The average molecular weight is 290 g/mol. The molecule has 0 bridgehead atoms. The lowest BCUT2D eigenvalue weighted by atomic mass is 9.57. The van der Waals surface area contributed by atoms with Crippen molar-refractivity contribution in [3.8, 4) is 5.75 Å². The van der Waals surface area contributed by atoms with Crippen LogP contribution in [0.1, 0.15) is 63.6 Å². The zero-order valence-corrected chi connectivity index (χ0v) is 14.6. The normalized spacial score (nSPS) is 22.9. The minimum atomic E-state index is -0.811. The summed E-state index contributed by atoms with van der Waals surface area (Å²) in [7, 11) is 1.69. The Labute approximate surface area is 129 Å². The Morgan fingerprint density at radius 3 is 1.95 bits per heavy atom. The quantitative estimate of drug-likeness (QED) is 0.852. The summed E-state index contributed by atoms with van der Waals surface area (Å²) in [4.78, 5) is 0. The summed E-state index contributed by atoms with van der Waals surface area (Å²) in [5.41, 5.74) is 2.72. The van der Waals surface area contributed by atoms with E-state index in [1.807, 2.05) is 6.07 Å². The largest absolute Gasteiger partial charge is 0.496 e. The first-order valence-electron chi connectivity index (χ1n) is 7.86. The second kappa shape index (κ2) is 5.01. The lowest BCUT2D eigenvalue weighted by molar-refractivity contribution is -0.0926. The van der Waals surface area contributed by atoms with Crippen LogP contribution in [0.25, 0.3) is 0 Å². The summed E-state index contributed by atoms with van der Waals surface area (Å²) in [5.74, 6) is 0.823. The van der Waals surface area contributed by atoms with E-state index in [2.05, 4.69) is 47.6 Å². The highest BCUT2D eigenvalue weighted by Crippen LogP contribution is 2.55. The molecule has 0 unspecified atom stereocenters. The average Bonchev–Trinajstić information content (AvgIpc) is 2.21. The molecule has 1 aliphatic carbocycles. The Balaban J connectivity index is 2.58. The van der Waals surface area contributed by atoms with Gasteiger partial charge in [-0.25, -0.2) is 0 Å². The van der Waals surface area contributed by atoms with Crippen molar-refractivity contribution in [3.05, 3.63) is 28.8 Å². The second-order valence-corrected chi connectivity index (χ2v) is 8.55. The Morgan fingerprint density at radius 2 is 1.48 bits per heavy atom. The van der Waals surface area contributed by atoms with E-state index in [4.69, 9.17) is 4.74 Å². The van der Waals surface area contributed by atoms with Crippen LogP contribution in [-0.4, -0.2) is 12.2 Å². The van der Waals surface area contributed by atoms with Crippen molar-refractivity contribution >= 4 is 0 Å². The van der Waals surface area contributed by atoms with Gasteiger partial charge in [0.05, 0.1) is 12.7 Å². The molecule has 0 saturated heterocycles. The van der Waals surface area contributed by atoms with E-state index >= 15 is 0 Å². The van der Waals surface area contributed by atoms with E-state index in [-0.39, 0.29) is 10.8 Å². The molecule has 0 radical (unpaired) electrons. The number of benzene rings is 1. The van der Waals surface area contributed by atoms with Crippen LogP contribution < -0.4 is 4.74 Å². The molecule has 2 nitrogen and oxygen atoms in total. The first-order chi connectivity index (χ1) is 9.48. The van der Waals surface area contributed by atoms with Gasteiger partial charge < -0.3 is 9.84 Å². The summed E-state index contributed by atoms with van der Waals surface area (Å²) < 4.78 is 5.60. The minimum Gasteiger partial charge on any atom is -0.496 e. The molecule has 1 aromatic carbocycles. The van der Waals surface area contributed by atoms with Crippen LogP contribution in [0, 0.1) is 24.7 Å². The molecule has 1 fully saturated rings. The number of aliphatic hydroxyl groups is 1. The fraction of sp³-hybridized carbons (Fsp3) is 0.684. The van der Waals surface area contributed by atoms with Gasteiger partial charge in [0, 0.05) is 5.56 Å². The molecule has 0 heterocycles. The molecular weight excluding hydrogens is 260 g/mol. The van der Waals surface area contributed by atoms with E-state index in [9.17, 15) is 5.11 Å². The number of ether oxygens (including phenoxy) is 1. The third kappa shape index (κ3) is 3.26. The van der Waals surface area contributed by atoms with Gasteiger partial charge in [-0.15, -0.1) is 0 Å². The highest BCUT2D eigenvalue weighted by Gasteiger charge is 2.48. The first kappa shape index (κ1) is 16.4. The number of hydrogen-bond acceptors (Lipinski definition) is 2. The summed E-state index contributed by atoms with van der Waals surface area (Å²) in [6.45, 7) is 13.2. The van der Waals surface area contributed by atoms with Crippen molar-refractivity contribution in [1.29, 1.82) is 0 Å². The lowest BCUT2D eigenvalue weighted by Crippen LogP contribution is -2.44. The van der Waals surface area contributed by atoms with Crippen LogP contribution in [0.2, 0.25) is 0 Å². The van der Waals surface area contributed by atoms with Crippen LogP contribution in [0.15, 0.2) is 12.1 Å². The van der Waals surface area contributed by atoms with Crippen LogP contribution in [0.4, 0.5) is 0 Å². The monoisotopic (exact) mass is 290 g/mol. The van der Waals surface area contributed by atoms with E-state index in [1.165, 1.54) is 5.56 Å². The smallest absolute Gasteiger partial charge is 0.125 e. The van der Waals surface area contributed by atoms with Gasteiger partial charge in [-0.3, -0.25) is 0 Å². The minimum absolute atomic E-state index is 0.124. The molecule has 1 aromatic rings. The maximum Gasteiger partial charge on any atom is 0.125 e.